The first-order valence-electron chi connectivity index (χ1n) is 6.89. The fourth-order valence-corrected chi connectivity index (χ4v) is 3.19. The van der Waals surface area contributed by atoms with Gasteiger partial charge in [-0.25, -0.2) is 4.98 Å². The van der Waals surface area contributed by atoms with E-state index in [0.717, 1.165) is 31.7 Å². The number of likely N-dealkylation sites (N-methyl/N-ethyl adjacent to an activating group) is 1. The van der Waals surface area contributed by atoms with Crippen molar-refractivity contribution in [2.45, 2.75) is 37.4 Å². The Kier molecular flexibility index (Phi) is 4.82. The molecule has 2 rings (SSSR count). The molecule has 1 N–H and O–H groups in total. The van der Waals surface area contributed by atoms with Crippen LogP contribution in [0, 0.1) is 0 Å². The summed E-state index contributed by atoms with van der Waals surface area (Å²) >= 11 is 3.04. The number of alkyl halides is 3. The average Bonchev–Trinajstić information content (AvgIpc) is 2.86. The maximum atomic E-state index is 13.1. The highest BCUT2D eigenvalue weighted by Gasteiger charge is 2.38. The van der Waals surface area contributed by atoms with E-state index < -0.39 is 11.7 Å². The van der Waals surface area contributed by atoms with Gasteiger partial charge >= 0.3 is 6.18 Å². The van der Waals surface area contributed by atoms with Gasteiger partial charge in [0.1, 0.15) is 5.82 Å². The molecule has 0 bridgehead atoms. The molecule has 0 unspecified atom stereocenters. The molecule has 1 aromatic rings. The van der Waals surface area contributed by atoms with Crippen molar-refractivity contribution in [2.75, 3.05) is 26.0 Å². The molecule has 0 spiro atoms. The fourth-order valence-electron chi connectivity index (χ4n) is 2.86. The van der Waals surface area contributed by atoms with E-state index in [4.69, 9.17) is 0 Å². The maximum Gasteiger partial charge on any atom is 0.419 e. The topological polar surface area (TPSA) is 28.2 Å². The molecule has 3 nitrogen and oxygen atoms in total. The second-order valence-corrected chi connectivity index (χ2v) is 6.64. The Hall–Kier alpha value is -0.820. The van der Waals surface area contributed by atoms with Gasteiger partial charge in [0.2, 0.25) is 0 Å². The number of hydrogen-bond donors (Lipinski definition) is 1. The van der Waals surface area contributed by atoms with Crippen LogP contribution < -0.4 is 5.32 Å². The largest absolute Gasteiger partial charge is 0.419 e. The average molecular weight is 366 g/mol. The first kappa shape index (κ1) is 16.5. The molecule has 0 aromatic carbocycles. The molecule has 0 atom stereocenters. The number of anilines is 1. The normalized spacial score (nSPS) is 18.2. The molecule has 1 saturated carbocycles. The van der Waals surface area contributed by atoms with E-state index in [1.54, 1.807) is 0 Å². The number of hydrogen-bond acceptors (Lipinski definition) is 3. The number of nitrogens with one attached hydrogen (secondary N) is 1. The van der Waals surface area contributed by atoms with Crippen LogP contribution in [-0.2, 0) is 6.18 Å². The Bertz CT molecular complexity index is 497. The van der Waals surface area contributed by atoms with Crippen molar-refractivity contribution in [3.8, 4) is 0 Å². The molecule has 0 saturated heterocycles. The molecule has 21 heavy (non-hydrogen) atoms. The van der Waals surface area contributed by atoms with Crippen molar-refractivity contribution in [1.29, 1.82) is 0 Å². The van der Waals surface area contributed by atoms with Crippen LogP contribution in [0.15, 0.2) is 16.7 Å². The highest BCUT2D eigenvalue weighted by Crippen LogP contribution is 2.37. The van der Waals surface area contributed by atoms with Gasteiger partial charge in [-0.05, 0) is 48.9 Å². The van der Waals surface area contributed by atoms with Crippen LogP contribution in [0.1, 0.15) is 31.2 Å². The highest BCUT2D eigenvalue weighted by atomic mass is 79.9. The fraction of sp³-hybridized carbons (Fsp3) is 0.643. The van der Waals surface area contributed by atoms with E-state index in [-0.39, 0.29) is 11.4 Å². The zero-order valence-corrected chi connectivity index (χ0v) is 13.7. The second-order valence-electron chi connectivity index (χ2n) is 5.73. The second kappa shape index (κ2) is 6.12. The Balaban J connectivity index is 2.20. The SMILES string of the molecule is CN(C)C1(CNc2ncc(Br)cc2C(F)(F)F)CCCC1. The van der Waals surface area contributed by atoms with Crippen molar-refractivity contribution in [3.05, 3.63) is 22.3 Å². The summed E-state index contributed by atoms with van der Waals surface area (Å²) in [7, 11) is 3.96. The lowest BCUT2D eigenvalue weighted by Gasteiger charge is -2.36. The van der Waals surface area contributed by atoms with Crippen molar-refractivity contribution in [3.63, 3.8) is 0 Å². The summed E-state index contributed by atoms with van der Waals surface area (Å²) in [4.78, 5) is 6.01. The molecule has 1 aliphatic carbocycles. The van der Waals surface area contributed by atoms with Crippen LogP contribution in [0.25, 0.3) is 0 Å². The summed E-state index contributed by atoms with van der Waals surface area (Å²) in [6.07, 6.45) is 1.17. The predicted octanol–water partition coefficient (Wildman–Crippen LogP) is 4.15. The van der Waals surface area contributed by atoms with E-state index in [1.165, 1.54) is 6.20 Å². The van der Waals surface area contributed by atoms with Gasteiger partial charge in [0.25, 0.3) is 0 Å². The van der Waals surface area contributed by atoms with Gasteiger partial charge in [-0.2, -0.15) is 13.2 Å². The molecule has 118 valence electrons. The molecule has 1 aromatic heterocycles. The minimum Gasteiger partial charge on any atom is -0.368 e. The van der Waals surface area contributed by atoms with Crippen molar-refractivity contribution < 1.29 is 13.2 Å². The van der Waals surface area contributed by atoms with Crippen LogP contribution in [0.4, 0.5) is 19.0 Å². The first-order chi connectivity index (χ1) is 9.74. The number of halogens is 4. The van der Waals surface area contributed by atoms with Gasteiger partial charge in [-0.3, -0.25) is 0 Å². The van der Waals surface area contributed by atoms with Crippen molar-refractivity contribution in [1.82, 2.24) is 9.88 Å². The number of rotatable bonds is 4. The van der Waals surface area contributed by atoms with Crippen molar-refractivity contribution in [2.24, 2.45) is 0 Å². The summed E-state index contributed by atoms with van der Waals surface area (Å²) in [5, 5.41) is 2.92. The van der Waals surface area contributed by atoms with Crippen LogP contribution in [-0.4, -0.2) is 36.1 Å². The molecule has 7 heteroatoms. The summed E-state index contributed by atoms with van der Waals surface area (Å²) in [5.74, 6) is -0.0983. The van der Waals surface area contributed by atoms with Gasteiger partial charge in [0, 0.05) is 22.8 Å². The van der Waals surface area contributed by atoms with E-state index >= 15 is 0 Å². The highest BCUT2D eigenvalue weighted by molar-refractivity contribution is 9.10. The standard InChI is InChI=1S/C14H19BrF3N3/c1-21(2)13(5-3-4-6-13)9-20-12-11(14(16,17)18)7-10(15)8-19-12/h7-8H,3-6,9H2,1-2H3,(H,19,20). The lowest BCUT2D eigenvalue weighted by Crippen LogP contribution is -2.47. The molecule has 1 aliphatic rings. The molecule has 0 amide bonds. The number of aromatic nitrogens is 1. The smallest absolute Gasteiger partial charge is 0.368 e. The lowest BCUT2D eigenvalue weighted by atomic mass is 9.96. The van der Waals surface area contributed by atoms with E-state index in [1.807, 2.05) is 14.1 Å². The zero-order chi connectivity index (χ0) is 15.7. The van der Waals surface area contributed by atoms with Gasteiger partial charge in [0.05, 0.1) is 5.56 Å². The minimum absolute atomic E-state index is 0.0857. The third-order valence-corrected chi connectivity index (χ3v) is 4.66. The summed E-state index contributed by atoms with van der Waals surface area (Å²) in [6, 6.07) is 1.06. The molecule has 1 fully saturated rings. The van der Waals surface area contributed by atoms with Crippen LogP contribution in [0.5, 0.6) is 0 Å². The number of nitrogens with zero attached hydrogens (tertiary/aromatic N) is 2. The third kappa shape index (κ3) is 3.69. The Morgan fingerprint density at radius 2 is 1.95 bits per heavy atom. The zero-order valence-electron chi connectivity index (χ0n) is 12.1. The monoisotopic (exact) mass is 365 g/mol. The van der Waals surface area contributed by atoms with Crippen LogP contribution in [0.3, 0.4) is 0 Å². The van der Waals surface area contributed by atoms with Gasteiger partial charge in [-0.15, -0.1) is 0 Å². The van der Waals surface area contributed by atoms with E-state index in [2.05, 4.69) is 31.1 Å². The lowest BCUT2D eigenvalue weighted by molar-refractivity contribution is -0.137. The first-order valence-corrected chi connectivity index (χ1v) is 7.68. The van der Waals surface area contributed by atoms with Gasteiger partial charge in [-0.1, -0.05) is 12.8 Å². The molecular formula is C14H19BrF3N3. The minimum atomic E-state index is -4.42. The van der Waals surface area contributed by atoms with Gasteiger partial charge in [0.15, 0.2) is 0 Å². The molecule has 0 aliphatic heterocycles. The van der Waals surface area contributed by atoms with E-state index in [0.29, 0.717) is 11.0 Å². The van der Waals surface area contributed by atoms with E-state index in [9.17, 15) is 13.2 Å². The summed E-state index contributed by atoms with van der Waals surface area (Å²) < 4.78 is 39.5. The van der Waals surface area contributed by atoms with Crippen molar-refractivity contribution >= 4 is 21.7 Å². The van der Waals surface area contributed by atoms with Crippen LogP contribution >= 0.6 is 15.9 Å². The third-order valence-electron chi connectivity index (χ3n) is 4.23. The van der Waals surface area contributed by atoms with Gasteiger partial charge < -0.3 is 10.2 Å². The Labute approximate surface area is 131 Å². The predicted molar refractivity (Wildman–Crippen MR) is 80.3 cm³/mol. The quantitative estimate of drug-likeness (QED) is 0.868. The molecule has 1 heterocycles. The summed E-state index contributed by atoms with van der Waals surface area (Å²) in [5.41, 5.74) is -0.818. The maximum absolute atomic E-state index is 13.1. The number of pyridine rings is 1. The Morgan fingerprint density at radius 1 is 1.33 bits per heavy atom. The molecule has 0 radical (unpaired) electrons. The summed E-state index contributed by atoms with van der Waals surface area (Å²) in [6.45, 7) is 0.470. The molecular weight excluding hydrogens is 347 g/mol. The van der Waals surface area contributed by atoms with Crippen LogP contribution in [0.2, 0.25) is 0 Å². The Morgan fingerprint density at radius 3 is 2.48 bits per heavy atom.